The van der Waals surface area contributed by atoms with Gasteiger partial charge in [-0.2, -0.15) is 18.1 Å². The van der Waals surface area contributed by atoms with E-state index >= 15 is 0 Å². The molecule has 0 fully saturated rings. The van der Waals surface area contributed by atoms with Crippen molar-refractivity contribution in [3.63, 3.8) is 0 Å². The van der Waals surface area contributed by atoms with Crippen LogP contribution in [0.4, 0.5) is 13.9 Å². The minimum absolute atomic E-state index is 0.0796. The third-order valence-corrected chi connectivity index (χ3v) is 4.82. The number of nitrogens with one attached hydrogen (secondary N) is 1. The molecule has 0 bridgehead atoms. The topological polar surface area (TPSA) is 64.1 Å². The van der Waals surface area contributed by atoms with E-state index in [0.29, 0.717) is 10.3 Å². The van der Waals surface area contributed by atoms with Gasteiger partial charge in [-0.3, -0.25) is 10.1 Å². The fourth-order valence-corrected chi connectivity index (χ4v) is 3.52. The third-order valence-electron chi connectivity index (χ3n) is 3.16. The summed E-state index contributed by atoms with van der Waals surface area (Å²) in [5.74, 6) is 0.169. The molecule has 1 aromatic heterocycles. The molecule has 134 valence electrons. The van der Waals surface area contributed by atoms with Gasteiger partial charge in [0.1, 0.15) is 5.75 Å². The van der Waals surface area contributed by atoms with Crippen molar-refractivity contribution in [1.29, 1.82) is 0 Å². The molecule has 0 spiro atoms. The zero-order chi connectivity index (χ0) is 18.4. The quantitative estimate of drug-likeness (QED) is 0.590. The van der Waals surface area contributed by atoms with Crippen molar-refractivity contribution in [2.24, 2.45) is 0 Å². The van der Waals surface area contributed by atoms with Crippen molar-refractivity contribution in [3.05, 3.63) is 65.7 Å². The highest BCUT2D eigenvalue weighted by Crippen LogP contribution is 2.24. The molecule has 0 aliphatic rings. The zero-order valence-electron chi connectivity index (χ0n) is 13.3. The lowest BCUT2D eigenvalue weighted by atomic mass is 10.2. The number of aromatic nitrogens is 2. The predicted octanol–water partition coefficient (Wildman–Crippen LogP) is 4.68. The maximum atomic E-state index is 12.3. The number of hydrogen-bond donors (Lipinski definition) is 1. The number of nitrogens with zero attached hydrogens (tertiary/aromatic N) is 2. The molecule has 3 rings (SSSR count). The van der Waals surface area contributed by atoms with E-state index in [-0.39, 0.29) is 11.3 Å². The Morgan fingerprint density at radius 1 is 1.19 bits per heavy atom. The molecule has 0 aliphatic heterocycles. The smallest absolute Gasteiger partial charge is 0.387 e. The van der Waals surface area contributed by atoms with Gasteiger partial charge in [0.2, 0.25) is 10.3 Å². The fourth-order valence-electron chi connectivity index (χ4n) is 2.02. The first-order chi connectivity index (χ1) is 12.6. The molecular formula is C17H13F2N3O2S2. The second-order valence-corrected chi connectivity index (χ2v) is 6.71. The molecule has 2 aromatic carbocycles. The van der Waals surface area contributed by atoms with Crippen LogP contribution >= 0.6 is 23.3 Å². The summed E-state index contributed by atoms with van der Waals surface area (Å²) in [6.07, 6.45) is 0. The number of anilines is 1. The summed E-state index contributed by atoms with van der Waals surface area (Å²) in [5, 5.41) is 3.50. The van der Waals surface area contributed by atoms with Gasteiger partial charge < -0.3 is 4.74 Å². The van der Waals surface area contributed by atoms with E-state index in [1.54, 1.807) is 0 Å². The number of carbonyl (C=O) groups excluding carboxylic acids is 1. The normalized spacial score (nSPS) is 10.7. The lowest BCUT2D eigenvalue weighted by Gasteiger charge is -2.06. The largest absolute Gasteiger partial charge is 0.435 e. The molecule has 0 saturated carbocycles. The van der Waals surface area contributed by atoms with Crippen LogP contribution in [0, 0.1) is 0 Å². The Bertz CT molecular complexity index is 875. The standard InChI is InChI=1S/C17H13F2N3O2S2/c18-15(19)24-13-8-4-7-12(9-13)14(23)20-16-21-17(22-26-16)25-10-11-5-2-1-3-6-11/h1-9,15H,10H2,(H,20,21,22,23). The number of hydrogen-bond acceptors (Lipinski definition) is 6. The first-order valence-electron chi connectivity index (χ1n) is 7.47. The van der Waals surface area contributed by atoms with Crippen LogP contribution in [0.15, 0.2) is 59.8 Å². The third kappa shape index (κ3) is 5.24. The molecule has 3 aromatic rings. The summed E-state index contributed by atoms with van der Waals surface area (Å²) in [4.78, 5) is 16.5. The number of amides is 1. The van der Waals surface area contributed by atoms with Crippen LogP contribution < -0.4 is 10.1 Å². The number of alkyl halides is 2. The lowest BCUT2D eigenvalue weighted by Crippen LogP contribution is -2.12. The first-order valence-corrected chi connectivity index (χ1v) is 9.23. The maximum absolute atomic E-state index is 12.3. The summed E-state index contributed by atoms with van der Waals surface area (Å²) >= 11 is 2.52. The molecule has 1 heterocycles. The average molecular weight is 393 g/mol. The summed E-state index contributed by atoms with van der Waals surface area (Å²) < 4.78 is 33.0. The minimum Gasteiger partial charge on any atom is -0.435 e. The monoisotopic (exact) mass is 393 g/mol. The highest BCUT2D eigenvalue weighted by molar-refractivity contribution is 7.98. The Labute approximate surface area is 156 Å². The molecule has 5 nitrogen and oxygen atoms in total. The van der Waals surface area contributed by atoms with Crippen LogP contribution in [0.3, 0.4) is 0 Å². The van der Waals surface area contributed by atoms with Crippen molar-refractivity contribution in [2.45, 2.75) is 17.5 Å². The van der Waals surface area contributed by atoms with Crippen LogP contribution in [0.5, 0.6) is 5.75 Å². The van der Waals surface area contributed by atoms with Gasteiger partial charge >= 0.3 is 6.61 Å². The van der Waals surface area contributed by atoms with Gasteiger partial charge in [0.05, 0.1) is 0 Å². The molecule has 9 heteroatoms. The zero-order valence-corrected chi connectivity index (χ0v) is 14.9. The van der Waals surface area contributed by atoms with Crippen molar-refractivity contribution in [1.82, 2.24) is 9.36 Å². The summed E-state index contributed by atoms with van der Waals surface area (Å²) in [6, 6.07) is 15.5. The molecule has 1 amide bonds. The Morgan fingerprint density at radius 3 is 2.77 bits per heavy atom. The van der Waals surface area contributed by atoms with Crippen LogP contribution in [-0.2, 0) is 5.75 Å². The Balaban J connectivity index is 1.59. The summed E-state index contributed by atoms with van der Waals surface area (Å²) in [6.45, 7) is -2.94. The van der Waals surface area contributed by atoms with E-state index in [1.807, 2.05) is 30.3 Å². The van der Waals surface area contributed by atoms with Crippen LogP contribution in [0.2, 0.25) is 0 Å². The van der Waals surface area contributed by atoms with Crippen LogP contribution in [0.1, 0.15) is 15.9 Å². The van der Waals surface area contributed by atoms with Crippen molar-refractivity contribution < 1.29 is 18.3 Å². The number of carbonyl (C=O) groups is 1. The lowest BCUT2D eigenvalue weighted by molar-refractivity contribution is -0.0498. The molecule has 0 saturated heterocycles. The van der Waals surface area contributed by atoms with Gasteiger partial charge in [0.25, 0.3) is 5.91 Å². The van der Waals surface area contributed by atoms with E-state index < -0.39 is 12.5 Å². The Morgan fingerprint density at radius 2 is 2.00 bits per heavy atom. The first kappa shape index (κ1) is 18.3. The van der Waals surface area contributed by atoms with Gasteiger partial charge in [-0.25, -0.2) is 0 Å². The van der Waals surface area contributed by atoms with E-state index in [2.05, 4.69) is 19.4 Å². The van der Waals surface area contributed by atoms with Gasteiger partial charge in [0.15, 0.2) is 0 Å². The molecule has 26 heavy (non-hydrogen) atoms. The molecule has 0 aliphatic carbocycles. The van der Waals surface area contributed by atoms with Crippen LogP contribution in [-0.4, -0.2) is 21.9 Å². The predicted molar refractivity (Wildman–Crippen MR) is 96.9 cm³/mol. The Kier molecular flexibility index (Phi) is 6.13. The van der Waals surface area contributed by atoms with Gasteiger partial charge in [-0.1, -0.05) is 48.2 Å². The molecule has 0 unspecified atom stereocenters. The number of ether oxygens (including phenoxy) is 1. The van der Waals surface area contributed by atoms with Gasteiger partial charge in [-0.15, -0.1) is 0 Å². The number of halogens is 2. The molecule has 0 atom stereocenters. The number of thioether (sulfide) groups is 1. The second-order valence-electron chi connectivity index (χ2n) is 5.02. The van der Waals surface area contributed by atoms with Crippen molar-refractivity contribution in [2.75, 3.05) is 5.32 Å². The van der Waals surface area contributed by atoms with Crippen LogP contribution in [0.25, 0.3) is 0 Å². The SMILES string of the molecule is O=C(Nc1nc(SCc2ccccc2)ns1)c1cccc(OC(F)F)c1. The summed E-state index contributed by atoms with van der Waals surface area (Å²) in [7, 11) is 0. The van der Waals surface area contributed by atoms with E-state index in [4.69, 9.17) is 0 Å². The molecule has 1 N–H and O–H groups in total. The van der Waals surface area contributed by atoms with E-state index in [9.17, 15) is 13.6 Å². The molecular weight excluding hydrogens is 380 g/mol. The van der Waals surface area contributed by atoms with Gasteiger partial charge in [0, 0.05) is 22.8 Å². The van der Waals surface area contributed by atoms with Crippen molar-refractivity contribution >= 4 is 34.3 Å². The Hall–Kier alpha value is -2.52. The number of benzene rings is 2. The van der Waals surface area contributed by atoms with Gasteiger partial charge in [-0.05, 0) is 23.8 Å². The highest BCUT2D eigenvalue weighted by Gasteiger charge is 2.12. The molecule has 0 radical (unpaired) electrons. The second kappa shape index (κ2) is 8.72. The fraction of sp³-hybridized carbons (Fsp3) is 0.118. The minimum atomic E-state index is -2.94. The summed E-state index contributed by atoms with van der Waals surface area (Å²) in [5.41, 5.74) is 1.34. The maximum Gasteiger partial charge on any atom is 0.387 e. The van der Waals surface area contributed by atoms with E-state index in [0.717, 1.165) is 22.8 Å². The number of rotatable bonds is 7. The van der Waals surface area contributed by atoms with Crippen molar-refractivity contribution in [3.8, 4) is 5.75 Å². The highest BCUT2D eigenvalue weighted by atomic mass is 32.2. The van der Waals surface area contributed by atoms with E-state index in [1.165, 1.54) is 36.0 Å². The average Bonchev–Trinajstić information content (AvgIpc) is 3.08.